The quantitative estimate of drug-likeness (QED) is 0.634. The summed E-state index contributed by atoms with van der Waals surface area (Å²) in [6, 6.07) is 8.11. The van der Waals surface area contributed by atoms with E-state index >= 15 is 0 Å². The third kappa shape index (κ3) is 3.69. The Balaban J connectivity index is 2.06. The summed E-state index contributed by atoms with van der Waals surface area (Å²) < 4.78 is 11.5. The molecular weight excluding hydrogens is 240 g/mol. The van der Waals surface area contributed by atoms with E-state index in [0.717, 1.165) is 24.2 Å². The number of hydrazine groups is 1. The van der Waals surface area contributed by atoms with E-state index in [1.807, 2.05) is 26.0 Å². The molecule has 0 bridgehead atoms. The number of ether oxygens (including phenoxy) is 2. The van der Waals surface area contributed by atoms with Crippen molar-refractivity contribution in [2.75, 3.05) is 0 Å². The highest BCUT2D eigenvalue weighted by Gasteiger charge is 2.29. The van der Waals surface area contributed by atoms with Crippen molar-refractivity contribution in [2.45, 2.75) is 58.0 Å². The second-order valence-corrected chi connectivity index (χ2v) is 5.44. The summed E-state index contributed by atoms with van der Waals surface area (Å²) in [7, 11) is 0. The Morgan fingerprint density at radius 1 is 1.26 bits per heavy atom. The minimum Gasteiger partial charge on any atom is -0.491 e. The molecule has 3 N–H and O–H groups in total. The van der Waals surface area contributed by atoms with Crippen LogP contribution >= 0.6 is 0 Å². The van der Waals surface area contributed by atoms with Gasteiger partial charge in [0.1, 0.15) is 5.75 Å². The Morgan fingerprint density at radius 3 is 2.42 bits per heavy atom. The van der Waals surface area contributed by atoms with E-state index in [4.69, 9.17) is 15.3 Å². The average Bonchev–Trinajstić information content (AvgIpc) is 2.78. The van der Waals surface area contributed by atoms with Crippen molar-refractivity contribution in [2.24, 2.45) is 5.84 Å². The topological polar surface area (TPSA) is 56.5 Å². The molecule has 1 heterocycles. The monoisotopic (exact) mass is 264 g/mol. The van der Waals surface area contributed by atoms with Gasteiger partial charge in [0, 0.05) is 0 Å². The summed E-state index contributed by atoms with van der Waals surface area (Å²) >= 11 is 0. The normalized spacial score (nSPS) is 24.7. The Morgan fingerprint density at radius 2 is 1.95 bits per heavy atom. The molecule has 0 aliphatic carbocycles. The zero-order valence-electron chi connectivity index (χ0n) is 11.9. The molecule has 1 aliphatic rings. The third-order valence-corrected chi connectivity index (χ3v) is 3.43. The van der Waals surface area contributed by atoms with Crippen molar-refractivity contribution in [1.29, 1.82) is 0 Å². The lowest BCUT2D eigenvalue weighted by Crippen LogP contribution is -2.36. The van der Waals surface area contributed by atoms with E-state index in [0.29, 0.717) is 6.10 Å². The van der Waals surface area contributed by atoms with Crippen molar-refractivity contribution in [3.05, 3.63) is 29.8 Å². The maximum absolute atomic E-state index is 5.89. The van der Waals surface area contributed by atoms with E-state index in [-0.39, 0.29) is 18.2 Å². The molecule has 3 atom stereocenters. The number of nitrogens with two attached hydrogens (primary N) is 1. The van der Waals surface area contributed by atoms with Crippen LogP contribution in [0.4, 0.5) is 0 Å². The van der Waals surface area contributed by atoms with Gasteiger partial charge in [-0.3, -0.25) is 11.3 Å². The summed E-state index contributed by atoms with van der Waals surface area (Å²) in [5, 5.41) is 0. The number of nitrogens with one attached hydrogen (secondary N) is 1. The highest BCUT2D eigenvalue weighted by atomic mass is 16.5. The standard InChI is InChI=1S/C15H24N2O2/c1-10(2)18-13-7-5-12(6-8-13)15(17-16)14-9-4-11(3)19-14/h5-8,10-11,14-15,17H,4,9,16H2,1-3H3. The molecule has 2 rings (SSSR count). The first-order valence-electron chi connectivity index (χ1n) is 6.98. The molecule has 4 nitrogen and oxygen atoms in total. The number of hydrogen-bond donors (Lipinski definition) is 2. The first kappa shape index (κ1) is 14.3. The zero-order chi connectivity index (χ0) is 13.8. The predicted octanol–water partition coefficient (Wildman–Crippen LogP) is 2.55. The average molecular weight is 264 g/mol. The maximum Gasteiger partial charge on any atom is 0.119 e. The summed E-state index contributed by atoms with van der Waals surface area (Å²) in [6.45, 7) is 6.14. The van der Waals surface area contributed by atoms with Crippen LogP contribution in [0, 0.1) is 0 Å². The number of benzene rings is 1. The van der Waals surface area contributed by atoms with Crippen LogP contribution in [0.2, 0.25) is 0 Å². The van der Waals surface area contributed by atoms with Gasteiger partial charge in [0.05, 0.1) is 24.4 Å². The van der Waals surface area contributed by atoms with Gasteiger partial charge in [0.25, 0.3) is 0 Å². The van der Waals surface area contributed by atoms with Gasteiger partial charge < -0.3 is 9.47 Å². The molecule has 0 radical (unpaired) electrons. The summed E-state index contributed by atoms with van der Waals surface area (Å²) in [6.07, 6.45) is 2.80. The van der Waals surface area contributed by atoms with Crippen LogP contribution in [0.3, 0.4) is 0 Å². The molecule has 1 aromatic rings. The van der Waals surface area contributed by atoms with E-state index < -0.39 is 0 Å². The van der Waals surface area contributed by atoms with Crippen molar-refractivity contribution < 1.29 is 9.47 Å². The molecule has 0 saturated carbocycles. The molecule has 1 fully saturated rings. The smallest absolute Gasteiger partial charge is 0.119 e. The molecule has 1 saturated heterocycles. The van der Waals surface area contributed by atoms with Gasteiger partial charge in [-0.1, -0.05) is 12.1 Å². The SMILES string of the molecule is CC(C)Oc1ccc(C(NN)C2CCC(C)O2)cc1. The van der Waals surface area contributed by atoms with Gasteiger partial charge in [0.2, 0.25) is 0 Å². The van der Waals surface area contributed by atoms with Gasteiger partial charge in [-0.05, 0) is 51.3 Å². The van der Waals surface area contributed by atoms with Crippen molar-refractivity contribution >= 4 is 0 Å². The molecule has 1 aromatic carbocycles. The van der Waals surface area contributed by atoms with E-state index in [9.17, 15) is 0 Å². The third-order valence-electron chi connectivity index (χ3n) is 3.43. The van der Waals surface area contributed by atoms with E-state index in [1.54, 1.807) is 0 Å². The number of hydrogen-bond acceptors (Lipinski definition) is 4. The van der Waals surface area contributed by atoms with Gasteiger partial charge in [-0.25, -0.2) is 0 Å². The van der Waals surface area contributed by atoms with E-state index in [1.165, 1.54) is 0 Å². The van der Waals surface area contributed by atoms with Crippen molar-refractivity contribution in [3.8, 4) is 5.75 Å². The van der Waals surface area contributed by atoms with Gasteiger partial charge >= 0.3 is 0 Å². The first-order valence-corrected chi connectivity index (χ1v) is 6.98. The van der Waals surface area contributed by atoms with Crippen LogP contribution in [0.15, 0.2) is 24.3 Å². The van der Waals surface area contributed by atoms with Crippen LogP contribution in [0.25, 0.3) is 0 Å². The van der Waals surface area contributed by atoms with Crippen LogP contribution < -0.4 is 16.0 Å². The maximum atomic E-state index is 5.89. The fourth-order valence-corrected chi connectivity index (χ4v) is 2.52. The minimum absolute atomic E-state index is 0.0399. The molecule has 4 heteroatoms. The molecule has 19 heavy (non-hydrogen) atoms. The van der Waals surface area contributed by atoms with Crippen LogP contribution in [-0.2, 0) is 4.74 Å². The van der Waals surface area contributed by atoms with Gasteiger partial charge in [-0.2, -0.15) is 0 Å². The number of rotatable bonds is 5. The summed E-state index contributed by atoms with van der Waals surface area (Å²) in [4.78, 5) is 0. The second kappa shape index (κ2) is 6.37. The molecule has 0 spiro atoms. The summed E-state index contributed by atoms with van der Waals surface area (Å²) in [5.74, 6) is 6.57. The zero-order valence-corrected chi connectivity index (χ0v) is 11.9. The molecular formula is C15H24N2O2. The van der Waals surface area contributed by atoms with Gasteiger partial charge in [0.15, 0.2) is 0 Å². The highest BCUT2D eigenvalue weighted by molar-refractivity contribution is 5.30. The van der Waals surface area contributed by atoms with E-state index in [2.05, 4.69) is 24.5 Å². The Hall–Kier alpha value is -1.10. The second-order valence-electron chi connectivity index (χ2n) is 5.44. The van der Waals surface area contributed by atoms with Crippen molar-refractivity contribution in [3.63, 3.8) is 0 Å². The molecule has 3 unspecified atom stereocenters. The molecule has 0 amide bonds. The van der Waals surface area contributed by atoms with Crippen LogP contribution in [0.5, 0.6) is 5.75 Å². The highest BCUT2D eigenvalue weighted by Crippen LogP contribution is 2.30. The lowest BCUT2D eigenvalue weighted by Gasteiger charge is -2.23. The fourth-order valence-electron chi connectivity index (χ4n) is 2.52. The molecule has 106 valence electrons. The lowest BCUT2D eigenvalue weighted by molar-refractivity contribution is 0.0316. The molecule has 1 aliphatic heterocycles. The Labute approximate surface area is 115 Å². The predicted molar refractivity (Wildman–Crippen MR) is 75.8 cm³/mol. The van der Waals surface area contributed by atoms with Gasteiger partial charge in [-0.15, -0.1) is 0 Å². The molecule has 0 aromatic heterocycles. The largest absolute Gasteiger partial charge is 0.491 e. The summed E-state index contributed by atoms with van der Waals surface area (Å²) in [5.41, 5.74) is 4.01. The van der Waals surface area contributed by atoms with Crippen LogP contribution in [0.1, 0.15) is 45.2 Å². The Kier molecular flexibility index (Phi) is 4.80. The minimum atomic E-state index is 0.0399. The fraction of sp³-hybridized carbons (Fsp3) is 0.600. The first-order chi connectivity index (χ1) is 9.10. The van der Waals surface area contributed by atoms with Crippen molar-refractivity contribution in [1.82, 2.24) is 5.43 Å². The Bertz CT molecular complexity index is 392. The lowest BCUT2D eigenvalue weighted by atomic mass is 9.99. The van der Waals surface area contributed by atoms with Crippen LogP contribution in [-0.4, -0.2) is 18.3 Å².